The Morgan fingerprint density at radius 2 is 1.28 bits per heavy atom. The van der Waals surface area contributed by atoms with Crippen LogP contribution >= 0.6 is 0 Å². The van der Waals surface area contributed by atoms with E-state index in [0.29, 0.717) is 0 Å². The van der Waals surface area contributed by atoms with Crippen molar-refractivity contribution in [1.29, 1.82) is 0 Å². The highest BCUT2D eigenvalue weighted by Gasteiger charge is 2.14. The molecule has 0 spiro atoms. The Morgan fingerprint density at radius 3 is 1.91 bits per heavy atom. The van der Waals surface area contributed by atoms with E-state index in [1.54, 1.807) is 0 Å². The van der Waals surface area contributed by atoms with Gasteiger partial charge in [-0.3, -0.25) is 4.99 Å². The number of aryl methyl sites for hydroxylation is 3. The van der Waals surface area contributed by atoms with E-state index >= 15 is 0 Å². The first kappa shape index (κ1) is 20.0. The molecule has 0 saturated heterocycles. The number of imidazole rings is 1. The van der Waals surface area contributed by atoms with Gasteiger partial charge in [0.05, 0.1) is 22.9 Å². The predicted octanol–water partition coefficient (Wildman–Crippen LogP) is 7.57. The minimum absolute atomic E-state index is 0.750. The van der Waals surface area contributed by atoms with Crippen LogP contribution in [0.25, 0.3) is 33.3 Å². The number of nitrogens with one attached hydrogen (secondary N) is 1. The maximum Gasteiger partial charge on any atom is 0.149 e. The predicted molar refractivity (Wildman–Crippen MR) is 135 cm³/mol. The van der Waals surface area contributed by atoms with Crippen molar-refractivity contribution in [2.75, 3.05) is 0 Å². The van der Waals surface area contributed by atoms with E-state index < -0.39 is 0 Å². The van der Waals surface area contributed by atoms with Crippen LogP contribution in [-0.2, 0) is 0 Å². The molecular formula is C29H25N3. The van der Waals surface area contributed by atoms with Gasteiger partial charge in [-0.2, -0.15) is 0 Å². The second-order valence-corrected chi connectivity index (χ2v) is 8.24. The average molecular weight is 416 g/mol. The second kappa shape index (κ2) is 8.27. The van der Waals surface area contributed by atoms with Crippen molar-refractivity contribution in [3.8, 4) is 22.3 Å². The van der Waals surface area contributed by atoms with Gasteiger partial charge in [0.15, 0.2) is 0 Å². The maximum atomic E-state index is 4.96. The molecule has 5 aromatic rings. The monoisotopic (exact) mass is 415 g/mol. The van der Waals surface area contributed by atoms with E-state index in [0.717, 1.165) is 44.8 Å². The van der Waals surface area contributed by atoms with Gasteiger partial charge in [-0.1, -0.05) is 90.5 Å². The molecule has 0 aliphatic carbocycles. The molecule has 0 aliphatic rings. The lowest BCUT2D eigenvalue weighted by molar-refractivity contribution is 1.27. The molecule has 5 rings (SSSR count). The molecule has 0 amide bonds. The first-order chi connectivity index (χ1) is 15.6. The van der Waals surface area contributed by atoms with Gasteiger partial charge in [-0.05, 0) is 43.0 Å². The Kier molecular flexibility index (Phi) is 5.16. The van der Waals surface area contributed by atoms with Crippen LogP contribution in [0, 0.1) is 20.8 Å². The summed E-state index contributed by atoms with van der Waals surface area (Å²) in [5.41, 5.74) is 11.1. The zero-order chi connectivity index (χ0) is 22.1. The minimum Gasteiger partial charge on any atom is -0.337 e. The Balaban J connectivity index is 1.67. The second-order valence-electron chi connectivity index (χ2n) is 8.24. The molecule has 0 radical (unpaired) electrons. The standard InChI is InChI=1S/C29H25N3/c1-19-16-20(2)27(21(3)17-19)30-18-26-31-28-24(22-10-6-4-7-11-22)14-15-25(29(28)32-26)23-12-8-5-9-13-23/h4-18H,1-3H3,(H,31,32). The number of benzene rings is 4. The Morgan fingerprint density at radius 1 is 0.719 bits per heavy atom. The van der Waals surface area contributed by atoms with Gasteiger partial charge in [-0.15, -0.1) is 0 Å². The number of aliphatic imine (C=N–C) groups is 1. The van der Waals surface area contributed by atoms with Crippen molar-refractivity contribution in [1.82, 2.24) is 9.97 Å². The lowest BCUT2D eigenvalue weighted by atomic mass is 9.98. The maximum absolute atomic E-state index is 4.96. The SMILES string of the molecule is Cc1cc(C)c(N=Cc2nc3c(-c4ccccc4)ccc(-c4ccccc4)c3[nH]2)c(C)c1. The normalized spacial score (nSPS) is 11.5. The number of aromatic nitrogens is 2. The molecule has 1 heterocycles. The fourth-order valence-corrected chi connectivity index (χ4v) is 4.38. The van der Waals surface area contributed by atoms with Gasteiger partial charge in [0.2, 0.25) is 0 Å². The van der Waals surface area contributed by atoms with Gasteiger partial charge in [-0.25, -0.2) is 4.98 Å². The van der Waals surface area contributed by atoms with Gasteiger partial charge in [0.25, 0.3) is 0 Å². The third-order valence-electron chi connectivity index (χ3n) is 5.78. The highest BCUT2D eigenvalue weighted by molar-refractivity contribution is 6.02. The number of aromatic amines is 1. The Hall–Kier alpha value is -3.98. The van der Waals surface area contributed by atoms with Crippen LogP contribution in [-0.4, -0.2) is 16.2 Å². The fourth-order valence-electron chi connectivity index (χ4n) is 4.38. The van der Waals surface area contributed by atoms with Crippen LogP contribution in [0.4, 0.5) is 5.69 Å². The van der Waals surface area contributed by atoms with Crippen molar-refractivity contribution in [3.05, 3.63) is 107 Å². The molecule has 1 N–H and O–H groups in total. The number of hydrogen-bond acceptors (Lipinski definition) is 2. The summed E-state index contributed by atoms with van der Waals surface area (Å²) in [7, 11) is 0. The largest absolute Gasteiger partial charge is 0.337 e. The lowest BCUT2D eigenvalue weighted by Gasteiger charge is -2.07. The summed E-state index contributed by atoms with van der Waals surface area (Å²) in [4.78, 5) is 13.3. The summed E-state index contributed by atoms with van der Waals surface area (Å²) < 4.78 is 0. The smallest absolute Gasteiger partial charge is 0.149 e. The van der Waals surface area contributed by atoms with Crippen LogP contribution in [0.15, 0.2) is 89.9 Å². The number of rotatable bonds is 4. The molecule has 0 bridgehead atoms. The summed E-state index contributed by atoms with van der Waals surface area (Å²) in [6.07, 6.45) is 1.84. The first-order valence-corrected chi connectivity index (χ1v) is 10.9. The summed E-state index contributed by atoms with van der Waals surface area (Å²) in [5.74, 6) is 0.750. The zero-order valence-electron chi connectivity index (χ0n) is 18.6. The molecule has 3 heteroatoms. The highest BCUT2D eigenvalue weighted by atomic mass is 14.9. The molecule has 4 aromatic carbocycles. The van der Waals surface area contributed by atoms with Crippen LogP contribution in [0.1, 0.15) is 22.5 Å². The molecule has 1 aromatic heterocycles. The Labute approximate surface area is 188 Å². The van der Waals surface area contributed by atoms with Gasteiger partial charge in [0.1, 0.15) is 5.82 Å². The van der Waals surface area contributed by atoms with E-state index in [1.165, 1.54) is 16.7 Å². The average Bonchev–Trinajstić information content (AvgIpc) is 3.23. The summed E-state index contributed by atoms with van der Waals surface area (Å²) in [5, 5.41) is 0. The van der Waals surface area contributed by atoms with Crippen molar-refractivity contribution in [2.45, 2.75) is 20.8 Å². The minimum atomic E-state index is 0.750. The van der Waals surface area contributed by atoms with E-state index in [2.05, 4.69) is 98.6 Å². The van der Waals surface area contributed by atoms with Gasteiger partial charge >= 0.3 is 0 Å². The summed E-state index contributed by atoms with van der Waals surface area (Å²) in [6.45, 7) is 6.32. The molecule has 32 heavy (non-hydrogen) atoms. The van der Waals surface area contributed by atoms with E-state index in [9.17, 15) is 0 Å². The molecule has 0 atom stereocenters. The third kappa shape index (κ3) is 3.74. The van der Waals surface area contributed by atoms with E-state index in [4.69, 9.17) is 9.98 Å². The first-order valence-electron chi connectivity index (χ1n) is 10.9. The molecule has 0 unspecified atom stereocenters. The zero-order valence-corrected chi connectivity index (χ0v) is 18.6. The molecular weight excluding hydrogens is 390 g/mol. The van der Waals surface area contributed by atoms with E-state index in [1.807, 2.05) is 18.3 Å². The summed E-state index contributed by atoms with van der Waals surface area (Å²) in [6, 6.07) is 29.5. The fraction of sp³-hybridized carbons (Fsp3) is 0.103. The van der Waals surface area contributed by atoms with Crippen LogP contribution < -0.4 is 0 Å². The van der Waals surface area contributed by atoms with E-state index in [-0.39, 0.29) is 0 Å². The highest BCUT2D eigenvalue weighted by Crippen LogP contribution is 2.34. The number of nitrogens with zero attached hydrogens (tertiary/aromatic N) is 2. The molecule has 3 nitrogen and oxygen atoms in total. The van der Waals surface area contributed by atoms with Crippen LogP contribution in [0.2, 0.25) is 0 Å². The quantitative estimate of drug-likeness (QED) is 0.302. The van der Waals surface area contributed by atoms with Crippen LogP contribution in [0.3, 0.4) is 0 Å². The Bertz CT molecular complexity index is 1330. The van der Waals surface area contributed by atoms with Crippen molar-refractivity contribution in [2.24, 2.45) is 4.99 Å². The van der Waals surface area contributed by atoms with Crippen molar-refractivity contribution >= 4 is 22.9 Å². The molecule has 156 valence electrons. The number of H-pyrrole nitrogens is 1. The van der Waals surface area contributed by atoms with Crippen molar-refractivity contribution in [3.63, 3.8) is 0 Å². The van der Waals surface area contributed by atoms with Crippen LogP contribution in [0.5, 0.6) is 0 Å². The van der Waals surface area contributed by atoms with Crippen molar-refractivity contribution < 1.29 is 0 Å². The molecule has 0 aliphatic heterocycles. The molecule has 0 saturated carbocycles. The summed E-state index contributed by atoms with van der Waals surface area (Å²) >= 11 is 0. The van der Waals surface area contributed by atoms with Gasteiger partial charge in [0, 0.05) is 11.1 Å². The number of fused-ring (bicyclic) bond motifs is 1. The topological polar surface area (TPSA) is 41.0 Å². The molecule has 0 fully saturated rings. The van der Waals surface area contributed by atoms with Gasteiger partial charge < -0.3 is 4.98 Å². The number of hydrogen-bond donors (Lipinski definition) is 1. The lowest BCUT2D eigenvalue weighted by Crippen LogP contribution is -1.87. The third-order valence-corrected chi connectivity index (χ3v) is 5.78.